The van der Waals surface area contributed by atoms with Crippen LogP contribution >= 0.6 is 0 Å². The maximum absolute atomic E-state index is 14.1. The number of benzene rings is 1. The molecular formula is C24H39FN4O4. The van der Waals surface area contributed by atoms with Gasteiger partial charge in [-0.1, -0.05) is 19.9 Å². The summed E-state index contributed by atoms with van der Waals surface area (Å²) >= 11 is 0. The molecular weight excluding hydrogens is 427 g/mol. The molecule has 0 bridgehead atoms. The van der Waals surface area contributed by atoms with Crippen LogP contribution in [0.4, 0.5) is 10.1 Å². The van der Waals surface area contributed by atoms with E-state index in [1.807, 2.05) is 20.8 Å². The molecule has 1 aromatic rings. The fraction of sp³-hybridized carbons (Fsp3) is 0.667. The quantitative estimate of drug-likeness (QED) is 0.320. The lowest BCUT2D eigenvalue weighted by molar-refractivity contribution is -0.145. The van der Waals surface area contributed by atoms with Crippen molar-refractivity contribution in [3.63, 3.8) is 0 Å². The minimum atomic E-state index is -1.02. The molecule has 1 aliphatic rings. The summed E-state index contributed by atoms with van der Waals surface area (Å²) in [5, 5.41) is 12.6. The van der Waals surface area contributed by atoms with Crippen LogP contribution in [0, 0.1) is 24.6 Å². The third-order valence-electron chi connectivity index (χ3n) is 6.03. The van der Waals surface area contributed by atoms with Crippen LogP contribution in [0.25, 0.3) is 0 Å². The number of nitrogens with two attached hydrogens (primary N) is 1. The highest BCUT2D eigenvalue weighted by molar-refractivity contribution is 5.85. The summed E-state index contributed by atoms with van der Waals surface area (Å²) in [7, 11) is 1.64. The standard InChI is InChI=1S/C24H39FN4O4/c1-16(2)15-29(20-11-18(24(31)32)13-27-14-20)23(30)22(26)28(9-5-6-10-33-4)21-12-19(25)8-7-17(21)3/h7-8,12,16,18,20,22,27H,5-6,9-11,13-15,26H2,1-4H3,(H,31,32)/t18-,20+,22?/m1/s1. The third-order valence-corrected chi connectivity index (χ3v) is 6.03. The smallest absolute Gasteiger partial charge is 0.307 e. The topological polar surface area (TPSA) is 108 Å². The molecule has 33 heavy (non-hydrogen) atoms. The zero-order chi connectivity index (χ0) is 24.5. The Morgan fingerprint density at radius 2 is 2.03 bits per heavy atom. The van der Waals surface area contributed by atoms with Crippen molar-refractivity contribution >= 4 is 17.6 Å². The van der Waals surface area contributed by atoms with Gasteiger partial charge in [0, 0.05) is 51.6 Å². The number of ether oxygens (including phenoxy) is 1. The highest BCUT2D eigenvalue weighted by atomic mass is 19.1. The number of carbonyl (C=O) groups excluding carboxylic acids is 1. The molecule has 0 radical (unpaired) electrons. The number of halogens is 1. The molecule has 3 atom stereocenters. The molecule has 1 amide bonds. The Kier molecular flexibility index (Phi) is 10.5. The Morgan fingerprint density at radius 3 is 2.67 bits per heavy atom. The van der Waals surface area contributed by atoms with Gasteiger partial charge in [0.2, 0.25) is 0 Å². The van der Waals surface area contributed by atoms with Crippen LogP contribution in [0.1, 0.15) is 38.7 Å². The van der Waals surface area contributed by atoms with Crippen LogP contribution in [0.3, 0.4) is 0 Å². The summed E-state index contributed by atoms with van der Waals surface area (Å²) in [5.74, 6) is -1.92. The van der Waals surface area contributed by atoms with Gasteiger partial charge in [-0.3, -0.25) is 9.59 Å². The lowest BCUT2D eigenvalue weighted by atomic mass is 9.94. The molecule has 0 aromatic heterocycles. The summed E-state index contributed by atoms with van der Waals surface area (Å²) < 4.78 is 19.2. The molecule has 4 N–H and O–H groups in total. The number of nitrogens with one attached hydrogen (secondary N) is 1. The van der Waals surface area contributed by atoms with E-state index in [-0.39, 0.29) is 17.9 Å². The van der Waals surface area contributed by atoms with E-state index in [1.54, 1.807) is 23.0 Å². The van der Waals surface area contributed by atoms with Crippen LogP contribution in [0.2, 0.25) is 0 Å². The molecule has 2 rings (SSSR count). The summed E-state index contributed by atoms with van der Waals surface area (Å²) in [6, 6.07) is 4.21. The number of aliphatic carboxylic acids is 1. The number of anilines is 1. The maximum Gasteiger partial charge on any atom is 0.307 e. The molecule has 1 unspecified atom stereocenters. The SMILES string of the molecule is COCCCCN(c1cc(F)ccc1C)C(N)C(=O)N(CC(C)C)[C@@H]1CNC[C@H](C(=O)O)C1. The highest BCUT2D eigenvalue weighted by Crippen LogP contribution is 2.25. The number of amides is 1. The Labute approximate surface area is 196 Å². The van der Waals surface area contributed by atoms with Crippen molar-refractivity contribution in [3.05, 3.63) is 29.6 Å². The van der Waals surface area contributed by atoms with Crippen molar-refractivity contribution < 1.29 is 23.8 Å². The lowest BCUT2D eigenvalue weighted by Crippen LogP contribution is -2.60. The minimum absolute atomic E-state index is 0.178. The number of piperidine rings is 1. The maximum atomic E-state index is 14.1. The first kappa shape index (κ1) is 27.0. The van der Waals surface area contributed by atoms with Crippen molar-refractivity contribution in [2.75, 3.05) is 44.8 Å². The Hall–Kier alpha value is -2.23. The lowest BCUT2D eigenvalue weighted by Gasteiger charge is -2.41. The van der Waals surface area contributed by atoms with E-state index in [2.05, 4.69) is 5.32 Å². The van der Waals surface area contributed by atoms with E-state index in [1.165, 1.54) is 12.1 Å². The number of methoxy groups -OCH3 is 1. The molecule has 0 aliphatic carbocycles. The Balaban J connectivity index is 2.31. The van der Waals surface area contributed by atoms with Gasteiger partial charge in [-0.05, 0) is 49.8 Å². The van der Waals surface area contributed by atoms with E-state index in [9.17, 15) is 19.1 Å². The second-order valence-corrected chi connectivity index (χ2v) is 9.24. The summed E-state index contributed by atoms with van der Waals surface area (Å²) in [4.78, 5) is 28.8. The molecule has 1 aromatic carbocycles. The van der Waals surface area contributed by atoms with Crippen LogP contribution in [-0.2, 0) is 14.3 Å². The fourth-order valence-electron chi connectivity index (χ4n) is 4.29. The monoisotopic (exact) mass is 466 g/mol. The number of carbonyl (C=O) groups is 2. The Morgan fingerprint density at radius 1 is 1.30 bits per heavy atom. The number of unbranched alkanes of at least 4 members (excludes halogenated alkanes) is 1. The number of nitrogens with zero attached hydrogens (tertiary/aromatic N) is 2. The minimum Gasteiger partial charge on any atom is -0.481 e. The molecule has 1 aliphatic heterocycles. The molecule has 1 heterocycles. The van der Waals surface area contributed by atoms with Crippen LogP contribution in [0.15, 0.2) is 18.2 Å². The molecule has 0 saturated carbocycles. The first-order chi connectivity index (χ1) is 15.6. The molecule has 186 valence electrons. The summed E-state index contributed by atoms with van der Waals surface area (Å²) in [6.07, 6.45) is 0.864. The van der Waals surface area contributed by atoms with Gasteiger partial charge in [0.15, 0.2) is 6.17 Å². The Bertz CT molecular complexity index is 792. The third kappa shape index (κ3) is 7.65. The van der Waals surface area contributed by atoms with Crippen LogP contribution in [-0.4, -0.2) is 74.0 Å². The first-order valence-electron chi connectivity index (χ1n) is 11.7. The van der Waals surface area contributed by atoms with Crippen molar-refractivity contribution in [1.29, 1.82) is 0 Å². The van der Waals surface area contributed by atoms with Gasteiger partial charge in [-0.2, -0.15) is 0 Å². The van der Waals surface area contributed by atoms with Crippen molar-refractivity contribution in [2.24, 2.45) is 17.6 Å². The van der Waals surface area contributed by atoms with Crippen molar-refractivity contribution in [3.8, 4) is 0 Å². The van der Waals surface area contributed by atoms with Crippen molar-refractivity contribution in [1.82, 2.24) is 10.2 Å². The number of aryl methyl sites for hydroxylation is 1. The highest BCUT2D eigenvalue weighted by Gasteiger charge is 2.36. The van der Waals surface area contributed by atoms with Gasteiger partial charge in [-0.15, -0.1) is 0 Å². The van der Waals surface area contributed by atoms with Gasteiger partial charge in [0.25, 0.3) is 5.91 Å². The number of carboxylic acids is 1. The molecule has 0 spiro atoms. The predicted molar refractivity (Wildman–Crippen MR) is 127 cm³/mol. The fourth-order valence-corrected chi connectivity index (χ4v) is 4.29. The molecule has 9 heteroatoms. The van der Waals surface area contributed by atoms with Crippen LogP contribution < -0.4 is 16.0 Å². The largest absolute Gasteiger partial charge is 0.481 e. The van der Waals surface area contributed by atoms with E-state index in [0.717, 1.165) is 18.4 Å². The number of carboxylic acid groups (broad SMARTS) is 1. The number of rotatable bonds is 12. The van der Waals surface area contributed by atoms with Gasteiger partial charge >= 0.3 is 5.97 Å². The van der Waals surface area contributed by atoms with Gasteiger partial charge in [0.05, 0.1) is 5.92 Å². The molecule has 1 fully saturated rings. The second-order valence-electron chi connectivity index (χ2n) is 9.24. The van der Waals surface area contributed by atoms with E-state index < -0.39 is 23.9 Å². The normalized spacial score (nSPS) is 19.4. The van der Waals surface area contributed by atoms with Gasteiger partial charge < -0.3 is 30.7 Å². The van der Waals surface area contributed by atoms with Crippen molar-refractivity contribution in [2.45, 2.75) is 52.2 Å². The average molecular weight is 467 g/mol. The van der Waals surface area contributed by atoms with E-state index in [0.29, 0.717) is 44.9 Å². The molecule has 1 saturated heterocycles. The predicted octanol–water partition coefficient (Wildman–Crippen LogP) is 2.20. The number of hydrogen-bond acceptors (Lipinski definition) is 6. The molecule has 8 nitrogen and oxygen atoms in total. The van der Waals surface area contributed by atoms with E-state index in [4.69, 9.17) is 10.5 Å². The zero-order valence-corrected chi connectivity index (χ0v) is 20.2. The number of hydrogen-bond donors (Lipinski definition) is 3. The second kappa shape index (κ2) is 12.9. The summed E-state index contributed by atoms with van der Waals surface area (Å²) in [5.41, 5.74) is 7.96. The van der Waals surface area contributed by atoms with Gasteiger partial charge in [0.1, 0.15) is 5.82 Å². The van der Waals surface area contributed by atoms with E-state index >= 15 is 0 Å². The summed E-state index contributed by atoms with van der Waals surface area (Å²) in [6.45, 7) is 8.30. The average Bonchev–Trinajstić information content (AvgIpc) is 2.78. The van der Waals surface area contributed by atoms with Gasteiger partial charge in [-0.25, -0.2) is 4.39 Å². The van der Waals surface area contributed by atoms with Crippen LogP contribution in [0.5, 0.6) is 0 Å². The first-order valence-corrected chi connectivity index (χ1v) is 11.7. The zero-order valence-electron chi connectivity index (χ0n) is 20.2.